The van der Waals surface area contributed by atoms with Gasteiger partial charge in [0.2, 0.25) is 6.41 Å². The summed E-state index contributed by atoms with van der Waals surface area (Å²) >= 11 is 0. The number of carbonyl (C=O) groups excluding carboxylic acids is 2. The number of amides is 2. The van der Waals surface area contributed by atoms with E-state index >= 15 is 0 Å². The van der Waals surface area contributed by atoms with Gasteiger partial charge in [-0.15, -0.1) is 0 Å². The van der Waals surface area contributed by atoms with Gasteiger partial charge in [-0.2, -0.15) is 0 Å². The highest BCUT2D eigenvalue weighted by Gasteiger charge is 2.49. The van der Waals surface area contributed by atoms with E-state index in [2.05, 4.69) is 11.4 Å². The van der Waals surface area contributed by atoms with Crippen molar-refractivity contribution >= 4 is 12.5 Å². The Morgan fingerprint density at radius 1 is 1.14 bits per heavy atom. The molecule has 2 aliphatic heterocycles. The number of rotatable bonds is 3. The van der Waals surface area contributed by atoms with Crippen LogP contribution in [0.15, 0.2) is 48.5 Å². The first-order valence-corrected chi connectivity index (χ1v) is 11.5. The summed E-state index contributed by atoms with van der Waals surface area (Å²) in [5, 5.41) is 2.50. The molecule has 1 saturated heterocycles. The SMILES string of the molecule is CNC1CN(C(=O)OC(C)(C)C)CC1(F)F.O=CN1CCc2ccccc2[C@@H]1c1ccc(F)cc1. The van der Waals surface area contributed by atoms with Gasteiger partial charge < -0.3 is 19.9 Å². The number of fused-ring (bicyclic) bond motifs is 1. The number of nitrogens with one attached hydrogen (secondary N) is 1. The Morgan fingerprint density at radius 2 is 1.80 bits per heavy atom. The van der Waals surface area contributed by atoms with E-state index < -0.39 is 30.2 Å². The highest BCUT2D eigenvalue weighted by molar-refractivity contribution is 5.69. The molecule has 2 aliphatic rings. The zero-order chi connectivity index (χ0) is 25.8. The Hall–Kier alpha value is -3.07. The summed E-state index contributed by atoms with van der Waals surface area (Å²) < 4.78 is 44.8. The fourth-order valence-electron chi connectivity index (χ4n) is 4.27. The number of halogens is 3. The largest absolute Gasteiger partial charge is 0.444 e. The third-order valence-corrected chi connectivity index (χ3v) is 5.96. The first-order chi connectivity index (χ1) is 16.4. The molecule has 0 aliphatic carbocycles. The van der Waals surface area contributed by atoms with Gasteiger partial charge in [-0.3, -0.25) is 4.79 Å². The standard InChI is InChI=1S/C16H14FNO.C10H18F2N2O2/c17-14-7-5-13(6-8-14)16-15-4-2-1-3-12(15)9-10-18(16)11-19;1-9(2,3)16-8(15)14-5-7(13-4)10(11,12)6-14/h1-8,11,16H,9-10H2;7,13H,5-6H2,1-4H3/t16-;/m0./s1. The van der Waals surface area contributed by atoms with E-state index in [-0.39, 0.29) is 18.4 Å². The molecule has 2 heterocycles. The molecule has 190 valence electrons. The van der Waals surface area contributed by atoms with Crippen LogP contribution in [0.1, 0.15) is 43.5 Å². The van der Waals surface area contributed by atoms with Gasteiger partial charge in [-0.1, -0.05) is 36.4 Å². The second kappa shape index (κ2) is 10.7. The molecule has 2 amide bonds. The zero-order valence-corrected chi connectivity index (χ0v) is 20.4. The average Bonchev–Trinajstić information content (AvgIpc) is 3.12. The molecular formula is C26H32F3N3O3. The Kier molecular flexibility index (Phi) is 8.10. The fraction of sp³-hybridized carbons (Fsp3) is 0.462. The van der Waals surface area contributed by atoms with Crippen LogP contribution < -0.4 is 5.32 Å². The van der Waals surface area contributed by atoms with Crippen molar-refractivity contribution in [3.05, 3.63) is 71.0 Å². The van der Waals surface area contributed by atoms with E-state index in [0.717, 1.165) is 28.9 Å². The van der Waals surface area contributed by atoms with Crippen LogP contribution in [-0.2, 0) is 16.0 Å². The van der Waals surface area contributed by atoms with Gasteiger partial charge in [-0.05, 0) is 63.1 Å². The maximum atomic E-state index is 13.3. The molecular weight excluding hydrogens is 459 g/mol. The number of likely N-dealkylation sites (tertiary alicyclic amines) is 1. The summed E-state index contributed by atoms with van der Waals surface area (Å²) in [7, 11) is 1.46. The predicted octanol–water partition coefficient (Wildman–Crippen LogP) is 4.39. The Balaban J connectivity index is 0.000000199. The summed E-state index contributed by atoms with van der Waals surface area (Å²) in [6, 6.07) is 13.4. The third kappa shape index (κ3) is 6.54. The van der Waals surface area contributed by atoms with E-state index in [0.29, 0.717) is 6.54 Å². The topological polar surface area (TPSA) is 61.9 Å². The molecule has 0 aromatic heterocycles. The van der Waals surface area contributed by atoms with Crippen molar-refractivity contribution in [3.8, 4) is 0 Å². The van der Waals surface area contributed by atoms with Gasteiger partial charge in [0.25, 0.3) is 5.92 Å². The molecule has 0 saturated carbocycles. The minimum atomic E-state index is -2.90. The molecule has 4 rings (SSSR count). The first-order valence-electron chi connectivity index (χ1n) is 11.5. The minimum absolute atomic E-state index is 0.0294. The van der Waals surface area contributed by atoms with E-state index in [1.54, 1.807) is 37.8 Å². The number of ether oxygens (including phenoxy) is 1. The van der Waals surface area contributed by atoms with Crippen molar-refractivity contribution in [1.82, 2.24) is 15.1 Å². The van der Waals surface area contributed by atoms with Crippen LogP contribution >= 0.6 is 0 Å². The van der Waals surface area contributed by atoms with Crippen LogP contribution in [0, 0.1) is 5.82 Å². The Labute approximate surface area is 204 Å². The summed E-state index contributed by atoms with van der Waals surface area (Å²) in [4.78, 5) is 25.6. The second-order valence-electron chi connectivity index (χ2n) is 9.71. The maximum Gasteiger partial charge on any atom is 0.410 e. The van der Waals surface area contributed by atoms with Crippen LogP contribution in [0.25, 0.3) is 0 Å². The molecule has 9 heteroatoms. The molecule has 0 spiro atoms. The minimum Gasteiger partial charge on any atom is -0.444 e. The molecule has 0 radical (unpaired) electrons. The fourth-order valence-corrected chi connectivity index (χ4v) is 4.27. The molecule has 2 aromatic rings. The highest BCUT2D eigenvalue weighted by atomic mass is 19.3. The predicted molar refractivity (Wildman–Crippen MR) is 127 cm³/mol. The number of hydrogen-bond acceptors (Lipinski definition) is 4. The lowest BCUT2D eigenvalue weighted by molar-refractivity contribution is -0.119. The number of carbonyl (C=O) groups is 2. The zero-order valence-electron chi connectivity index (χ0n) is 20.4. The third-order valence-electron chi connectivity index (χ3n) is 5.96. The molecule has 35 heavy (non-hydrogen) atoms. The van der Waals surface area contributed by atoms with Crippen LogP contribution in [-0.4, -0.2) is 66.6 Å². The van der Waals surface area contributed by atoms with Gasteiger partial charge in [0.15, 0.2) is 0 Å². The van der Waals surface area contributed by atoms with Gasteiger partial charge in [0.05, 0.1) is 18.6 Å². The monoisotopic (exact) mass is 491 g/mol. The van der Waals surface area contributed by atoms with E-state index in [9.17, 15) is 22.8 Å². The van der Waals surface area contributed by atoms with Gasteiger partial charge >= 0.3 is 6.09 Å². The molecule has 6 nitrogen and oxygen atoms in total. The van der Waals surface area contributed by atoms with Crippen molar-refractivity contribution in [2.24, 2.45) is 0 Å². The van der Waals surface area contributed by atoms with Crippen molar-refractivity contribution in [2.75, 3.05) is 26.7 Å². The summed E-state index contributed by atoms with van der Waals surface area (Å²) in [5.74, 6) is -3.16. The first kappa shape index (κ1) is 26.5. The maximum absolute atomic E-state index is 13.3. The van der Waals surface area contributed by atoms with Crippen LogP contribution in [0.2, 0.25) is 0 Å². The lowest BCUT2D eigenvalue weighted by Crippen LogP contribution is -2.41. The quantitative estimate of drug-likeness (QED) is 0.647. The smallest absolute Gasteiger partial charge is 0.410 e. The van der Waals surface area contributed by atoms with Crippen molar-refractivity contribution < 1.29 is 27.5 Å². The molecule has 1 N–H and O–H groups in total. The van der Waals surface area contributed by atoms with Gasteiger partial charge in [-0.25, -0.2) is 18.0 Å². The summed E-state index contributed by atoms with van der Waals surface area (Å²) in [6.07, 6.45) is 1.06. The van der Waals surface area contributed by atoms with Crippen molar-refractivity contribution in [3.63, 3.8) is 0 Å². The average molecular weight is 492 g/mol. The molecule has 0 bridgehead atoms. The summed E-state index contributed by atoms with van der Waals surface area (Å²) in [6.45, 7) is 5.19. The number of likely N-dealkylation sites (N-methyl/N-ethyl adjacent to an activating group) is 1. The van der Waals surface area contributed by atoms with E-state index in [4.69, 9.17) is 4.74 Å². The molecule has 1 fully saturated rings. The number of benzene rings is 2. The van der Waals surface area contributed by atoms with Crippen LogP contribution in [0.3, 0.4) is 0 Å². The van der Waals surface area contributed by atoms with Gasteiger partial charge in [0, 0.05) is 13.1 Å². The van der Waals surface area contributed by atoms with Crippen molar-refractivity contribution in [1.29, 1.82) is 0 Å². The van der Waals surface area contributed by atoms with E-state index in [1.807, 2.05) is 18.2 Å². The van der Waals surface area contributed by atoms with Crippen LogP contribution in [0.4, 0.5) is 18.0 Å². The molecule has 2 atom stereocenters. The highest BCUT2D eigenvalue weighted by Crippen LogP contribution is 2.34. The van der Waals surface area contributed by atoms with Crippen LogP contribution in [0.5, 0.6) is 0 Å². The Bertz CT molecular complexity index is 1020. The lowest BCUT2D eigenvalue weighted by atomic mass is 9.88. The summed E-state index contributed by atoms with van der Waals surface area (Å²) in [5.41, 5.74) is 2.67. The van der Waals surface area contributed by atoms with E-state index in [1.165, 1.54) is 24.7 Å². The second-order valence-corrected chi connectivity index (χ2v) is 9.71. The van der Waals surface area contributed by atoms with Crippen molar-refractivity contribution in [2.45, 2.75) is 50.8 Å². The normalized spacial score (nSPS) is 21.0. The number of alkyl halides is 2. The molecule has 1 unspecified atom stereocenters. The van der Waals surface area contributed by atoms with Gasteiger partial charge in [0.1, 0.15) is 11.4 Å². The lowest BCUT2D eigenvalue weighted by Gasteiger charge is -2.35. The number of nitrogens with zero attached hydrogens (tertiary/aromatic N) is 2. The Morgan fingerprint density at radius 3 is 2.37 bits per heavy atom. The molecule has 2 aromatic carbocycles. The number of hydrogen-bond donors (Lipinski definition) is 1.